The van der Waals surface area contributed by atoms with Crippen LogP contribution in [0.4, 0.5) is 4.39 Å². The van der Waals surface area contributed by atoms with Gasteiger partial charge < -0.3 is 0 Å². The van der Waals surface area contributed by atoms with Gasteiger partial charge >= 0.3 is 0 Å². The molecule has 0 amide bonds. The van der Waals surface area contributed by atoms with Gasteiger partial charge in [-0.1, -0.05) is 27.8 Å². The second-order valence-corrected chi connectivity index (χ2v) is 4.18. The number of hydrogen-bond donors (Lipinski definition) is 0. The van der Waals surface area contributed by atoms with E-state index in [4.69, 9.17) is 0 Å². The third-order valence-corrected chi connectivity index (χ3v) is 2.57. The summed E-state index contributed by atoms with van der Waals surface area (Å²) in [5, 5.41) is 0. The lowest BCUT2D eigenvalue weighted by molar-refractivity contribution is 0.627. The first-order valence-corrected chi connectivity index (χ1v) is 5.56. The molecule has 0 aliphatic heterocycles. The molecule has 0 nitrogen and oxygen atoms in total. The molecule has 0 heterocycles. The molecule has 2 aromatic carbocycles. The van der Waals surface area contributed by atoms with E-state index < -0.39 is 0 Å². The first kappa shape index (κ1) is 10.9. The molecule has 0 saturated carbocycles. The van der Waals surface area contributed by atoms with Crippen molar-refractivity contribution >= 4 is 15.9 Å². The highest BCUT2D eigenvalue weighted by molar-refractivity contribution is 9.10. The molecule has 2 heteroatoms. The van der Waals surface area contributed by atoms with E-state index in [1.54, 1.807) is 12.1 Å². The minimum atomic E-state index is -0.241. The van der Waals surface area contributed by atoms with Crippen LogP contribution in [0.15, 0.2) is 53.0 Å². The highest BCUT2D eigenvalue weighted by atomic mass is 79.9. The van der Waals surface area contributed by atoms with Crippen molar-refractivity contribution < 1.29 is 4.39 Å². The van der Waals surface area contributed by atoms with E-state index in [2.05, 4.69) is 27.8 Å². The van der Waals surface area contributed by atoms with Crippen molar-refractivity contribution in [1.82, 2.24) is 0 Å². The second kappa shape index (κ2) is 4.96. The van der Waals surface area contributed by atoms with Crippen LogP contribution in [0.3, 0.4) is 0 Å². The first-order valence-electron chi connectivity index (χ1n) is 4.77. The van der Waals surface area contributed by atoms with Gasteiger partial charge in [0.25, 0.3) is 0 Å². The maximum Gasteiger partial charge on any atom is 0.123 e. The summed E-state index contributed by atoms with van der Waals surface area (Å²) in [4.78, 5) is 0. The van der Waals surface area contributed by atoms with E-state index in [1.165, 1.54) is 12.1 Å². The van der Waals surface area contributed by atoms with E-state index >= 15 is 0 Å². The Kier molecular flexibility index (Phi) is 3.38. The zero-order valence-electron chi connectivity index (χ0n) is 8.37. The van der Waals surface area contributed by atoms with Gasteiger partial charge in [0, 0.05) is 15.6 Å². The van der Waals surface area contributed by atoms with Crippen LogP contribution >= 0.6 is 15.9 Å². The molecule has 0 N–H and O–H groups in total. The van der Waals surface area contributed by atoms with Gasteiger partial charge in [-0.3, -0.25) is 0 Å². The standard InChI is InChI=1S/C14H8BrF/c15-13-7-3-11(4-8-13)1-2-12-5-9-14(16)10-6-12/h3-10H. The smallest absolute Gasteiger partial charge is 0.123 e. The van der Waals surface area contributed by atoms with Gasteiger partial charge in [-0.05, 0) is 48.5 Å². The van der Waals surface area contributed by atoms with Crippen LogP contribution in [0.2, 0.25) is 0 Å². The number of hydrogen-bond acceptors (Lipinski definition) is 0. The van der Waals surface area contributed by atoms with Crippen molar-refractivity contribution in [2.45, 2.75) is 0 Å². The van der Waals surface area contributed by atoms with Crippen LogP contribution < -0.4 is 0 Å². The average molecular weight is 275 g/mol. The topological polar surface area (TPSA) is 0 Å². The molecule has 0 aromatic heterocycles. The highest BCUT2D eigenvalue weighted by Gasteiger charge is 1.89. The Morgan fingerprint density at radius 3 is 1.69 bits per heavy atom. The summed E-state index contributed by atoms with van der Waals surface area (Å²) in [7, 11) is 0. The Labute approximate surface area is 102 Å². The molecule has 0 atom stereocenters. The zero-order chi connectivity index (χ0) is 11.4. The molecule has 0 aliphatic carbocycles. The third kappa shape index (κ3) is 2.95. The molecule has 16 heavy (non-hydrogen) atoms. The summed E-state index contributed by atoms with van der Waals surface area (Å²) in [6, 6.07) is 13.9. The number of halogens is 2. The van der Waals surface area contributed by atoms with Gasteiger partial charge in [-0.15, -0.1) is 0 Å². The Morgan fingerprint density at radius 1 is 0.750 bits per heavy atom. The molecule has 0 fully saturated rings. The fraction of sp³-hybridized carbons (Fsp3) is 0. The number of rotatable bonds is 0. The monoisotopic (exact) mass is 274 g/mol. The van der Waals surface area contributed by atoms with Gasteiger partial charge in [-0.25, -0.2) is 4.39 Å². The molecule has 2 aromatic rings. The van der Waals surface area contributed by atoms with Crippen molar-refractivity contribution in [3.05, 3.63) is 69.9 Å². The van der Waals surface area contributed by atoms with Crippen molar-refractivity contribution in [3.8, 4) is 11.8 Å². The van der Waals surface area contributed by atoms with Gasteiger partial charge in [0.05, 0.1) is 0 Å². The van der Waals surface area contributed by atoms with Gasteiger partial charge in [0.2, 0.25) is 0 Å². The third-order valence-electron chi connectivity index (χ3n) is 2.04. The molecule has 0 bridgehead atoms. The summed E-state index contributed by atoms with van der Waals surface area (Å²) in [5.41, 5.74) is 1.75. The minimum Gasteiger partial charge on any atom is -0.207 e. The molecule has 0 unspecified atom stereocenters. The summed E-state index contributed by atoms with van der Waals surface area (Å²) < 4.78 is 13.7. The Hall–Kier alpha value is -1.59. The lowest BCUT2D eigenvalue weighted by atomic mass is 10.2. The van der Waals surface area contributed by atoms with Crippen molar-refractivity contribution in [2.24, 2.45) is 0 Å². The molecule has 0 spiro atoms. The molecule has 0 saturated heterocycles. The second-order valence-electron chi connectivity index (χ2n) is 3.26. The maximum absolute atomic E-state index is 12.6. The minimum absolute atomic E-state index is 0.241. The fourth-order valence-corrected chi connectivity index (χ4v) is 1.48. The Balaban J connectivity index is 2.21. The summed E-state index contributed by atoms with van der Waals surface area (Å²) in [6.45, 7) is 0. The van der Waals surface area contributed by atoms with E-state index in [-0.39, 0.29) is 5.82 Å². The quantitative estimate of drug-likeness (QED) is 0.638. The Bertz CT molecular complexity index is 480. The lowest BCUT2D eigenvalue weighted by Gasteiger charge is -1.91. The van der Waals surface area contributed by atoms with E-state index in [9.17, 15) is 4.39 Å². The van der Waals surface area contributed by atoms with Crippen molar-refractivity contribution in [3.63, 3.8) is 0 Å². The Morgan fingerprint density at radius 2 is 1.19 bits per heavy atom. The van der Waals surface area contributed by atoms with Gasteiger partial charge in [0.15, 0.2) is 0 Å². The molecule has 0 aliphatic rings. The molecular formula is C14H8BrF. The van der Waals surface area contributed by atoms with Crippen molar-refractivity contribution in [1.29, 1.82) is 0 Å². The van der Waals surface area contributed by atoms with E-state index in [1.807, 2.05) is 24.3 Å². The molecule has 78 valence electrons. The summed E-state index contributed by atoms with van der Waals surface area (Å²) >= 11 is 3.36. The fourth-order valence-electron chi connectivity index (χ4n) is 1.21. The molecule has 0 radical (unpaired) electrons. The maximum atomic E-state index is 12.6. The van der Waals surface area contributed by atoms with Crippen LogP contribution in [0.5, 0.6) is 0 Å². The highest BCUT2D eigenvalue weighted by Crippen LogP contribution is 2.09. The van der Waals surface area contributed by atoms with Crippen molar-refractivity contribution in [2.75, 3.05) is 0 Å². The number of benzene rings is 2. The average Bonchev–Trinajstić information content (AvgIpc) is 2.30. The van der Waals surface area contributed by atoms with Crippen LogP contribution in [-0.2, 0) is 0 Å². The summed E-state index contributed by atoms with van der Waals surface area (Å²) in [6.07, 6.45) is 0. The predicted octanol–water partition coefficient (Wildman–Crippen LogP) is 3.99. The summed E-state index contributed by atoms with van der Waals surface area (Å²) in [5.74, 6) is 5.75. The van der Waals surface area contributed by atoms with Gasteiger partial charge in [-0.2, -0.15) is 0 Å². The zero-order valence-corrected chi connectivity index (χ0v) is 9.96. The van der Waals surface area contributed by atoms with Crippen LogP contribution in [-0.4, -0.2) is 0 Å². The van der Waals surface area contributed by atoms with Crippen LogP contribution in [0, 0.1) is 17.7 Å². The van der Waals surface area contributed by atoms with Crippen LogP contribution in [0.1, 0.15) is 11.1 Å². The normalized spacial score (nSPS) is 9.38. The van der Waals surface area contributed by atoms with E-state index in [0.717, 1.165) is 15.6 Å². The molecule has 2 rings (SSSR count). The first-order chi connectivity index (χ1) is 7.74. The van der Waals surface area contributed by atoms with Gasteiger partial charge in [0.1, 0.15) is 5.82 Å². The largest absolute Gasteiger partial charge is 0.207 e. The molecular weight excluding hydrogens is 267 g/mol. The lowest BCUT2D eigenvalue weighted by Crippen LogP contribution is -1.77. The van der Waals surface area contributed by atoms with E-state index in [0.29, 0.717) is 0 Å². The SMILES string of the molecule is Fc1ccc(C#Cc2ccc(Br)cc2)cc1. The predicted molar refractivity (Wildman–Crippen MR) is 66.5 cm³/mol. The van der Waals surface area contributed by atoms with Crippen LogP contribution in [0.25, 0.3) is 0 Å².